The Morgan fingerprint density at radius 3 is 1.60 bits per heavy atom. The molecular weight excluding hydrogens is 312 g/mol. The van der Waals surface area contributed by atoms with E-state index in [2.05, 4.69) is 37.7 Å². The second-order valence-corrected chi connectivity index (χ2v) is 8.17. The molecule has 2 fully saturated rings. The van der Waals surface area contributed by atoms with Gasteiger partial charge in [0.25, 0.3) is 0 Å². The Labute approximate surface area is 158 Å². The molecule has 0 radical (unpaired) electrons. The number of carboxylic acids is 1. The zero-order chi connectivity index (χ0) is 20.3. The van der Waals surface area contributed by atoms with E-state index >= 15 is 0 Å². The Bertz CT molecular complexity index is 352. The summed E-state index contributed by atoms with van der Waals surface area (Å²) in [6.45, 7) is 14.7. The number of rotatable bonds is 7. The quantitative estimate of drug-likeness (QED) is 0.707. The van der Waals surface area contributed by atoms with Crippen molar-refractivity contribution >= 4 is 5.97 Å². The minimum atomic E-state index is -0.628. The van der Waals surface area contributed by atoms with Gasteiger partial charge in [-0.25, -0.2) is 0 Å². The molecule has 25 heavy (non-hydrogen) atoms. The zero-order valence-electron chi connectivity index (χ0n) is 18.8. The lowest BCUT2D eigenvalue weighted by Gasteiger charge is -2.13. The molecule has 2 aliphatic carbocycles. The number of aliphatic carboxylic acids is 1. The van der Waals surface area contributed by atoms with Crippen LogP contribution in [0.5, 0.6) is 0 Å². The second-order valence-electron chi connectivity index (χ2n) is 8.17. The molecule has 0 saturated heterocycles. The molecule has 2 aliphatic rings. The van der Waals surface area contributed by atoms with Gasteiger partial charge >= 0.3 is 5.97 Å². The Hall–Kier alpha value is -0.610. The van der Waals surface area contributed by atoms with Gasteiger partial charge in [0, 0.05) is 0 Å². The highest BCUT2D eigenvalue weighted by Crippen LogP contribution is 2.54. The summed E-state index contributed by atoms with van der Waals surface area (Å²) >= 11 is 0. The summed E-state index contributed by atoms with van der Waals surface area (Å²) in [5, 5.41) is 8.74. The van der Waals surface area contributed by atoms with E-state index in [0.717, 1.165) is 24.8 Å². The molecule has 0 amide bonds. The Morgan fingerprint density at radius 2 is 1.32 bits per heavy atom. The van der Waals surface area contributed by atoms with Crippen molar-refractivity contribution in [3.63, 3.8) is 0 Å². The van der Waals surface area contributed by atoms with E-state index in [9.17, 15) is 4.79 Å². The van der Waals surface area contributed by atoms with E-state index in [4.69, 9.17) is 5.11 Å². The maximum atomic E-state index is 10.6. The van der Waals surface area contributed by atoms with Crippen LogP contribution in [0.3, 0.4) is 0 Å². The van der Waals surface area contributed by atoms with Crippen LogP contribution in [0.25, 0.3) is 0 Å². The van der Waals surface area contributed by atoms with Crippen molar-refractivity contribution in [2.24, 2.45) is 16.7 Å². The zero-order valence-corrected chi connectivity index (χ0v) is 18.8. The fourth-order valence-electron chi connectivity index (χ4n) is 2.51. The predicted molar refractivity (Wildman–Crippen MR) is 110 cm³/mol. The first-order valence-electron chi connectivity index (χ1n) is 10.1. The van der Waals surface area contributed by atoms with Gasteiger partial charge in [-0.2, -0.15) is 0 Å². The van der Waals surface area contributed by atoms with Crippen LogP contribution in [0, 0.1) is 16.7 Å². The van der Waals surface area contributed by atoms with E-state index in [0.29, 0.717) is 0 Å². The largest absolute Gasteiger partial charge is 0.481 e. The highest BCUT2D eigenvalue weighted by Gasteiger charge is 2.54. The summed E-state index contributed by atoms with van der Waals surface area (Å²) in [5.74, 6) is -0.714. The Kier molecular flexibility index (Phi) is 13.5. The maximum absolute atomic E-state index is 10.6. The molecule has 4 nitrogen and oxygen atoms in total. The smallest absolute Gasteiger partial charge is 0.307 e. The van der Waals surface area contributed by atoms with Crippen LogP contribution in [-0.4, -0.2) is 62.2 Å². The van der Waals surface area contributed by atoms with Crippen molar-refractivity contribution in [3.8, 4) is 0 Å². The van der Waals surface area contributed by atoms with Gasteiger partial charge in [0.2, 0.25) is 0 Å². The normalized spacial score (nSPS) is 24.9. The van der Waals surface area contributed by atoms with E-state index < -0.39 is 5.97 Å². The first-order chi connectivity index (χ1) is 11.6. The first-order valence-corrected chi connectivity index (χ1v) is 10.1. The van der Waals surface area contributed by atoms with E-state index in [-0.39, 0.29) is 11.3 Å². The van der Waals surface area contributed by atoms with Crippen molar-refractivity contribution in [1.29, 1.82) is 0 Å². The number of carboxylic acid groups (broad SMARTS) is 1. The van der Waals surface area contributed by atoms with Crippen molar-refractivity contribution in [2.75, 3.05) is 41.3 Å². The molecule has 2 atom stereocenters. The number of hydrogen-bond donors (Lipinski definition) is 1. The molecule has 0 aliphatic heterocycles. The van der Waals surface area contributed by atoms with Crippen LogP contribution in [0.2, 0.25) is 0 Å². The highest BCUT2D eigenvalue weighted by atomic mass is 16.4. The van der Waals surface area contributed by atoms with Gasteiger partial charge in [-0.15, -0.1) is 0 Å². The maximum Gasteiger partial charge on any atom is 0.307 e. The number of hydrogen-bond acceptors (Lipinski definition) is 3. The molecule has 4 heteroatoms. The van der Waals surface area contributed by atoms with Crippen molar-refractivity contribution < 1.29 is 9.90 Å². The summed E-state index contributed by atoms with van der Waals surface area (Å²) in [6, 6.07) is 0. The molecule has 0 heterocycles. The molecular formula is C21H46N2O2. The van der Waals surface area contributed by atoms with Gasteiger partial charge in [0.05, 0.1) is 5.92 Å². The topological polar surface area (TPSA) is 43.8 Å². The SMILES string of the molecule is CC.CC.CN(C)CCC1(C)CC1.CN(C)CCC1(C)CC1C(=O)O. The minimum Gasteiger partial charge on any atom is -0.481 e. The van der Waals surface area contributed by atoms with Gasteiger partial charge in [-0.3, -0.25) is 4.79 Å². The molecule has 0 spiro atoms. The van der Waals surface area contributed by atoms with Crippen LogP contribution < -0.4 is 0 Å². The van der Waals surface area contributed by atoms with Crippen molar-refractivity contribution in [1.82, 2.24) is 9.80 Å². The van der Waals surface area contributed by atoms with Crippen LogP contribution in [0.1, 0.15) is 73.6 Å². The molecule has 0 aromatic rings. The lowest BCUT2D eigenvalue weighted by atomic mass is 10.0. The second kappa shape index (κ2) is 12.7. The van der Waals surface area contributed by atoms with Crippen LogP contribution in [-0.2, 0) is 4.79 Å². The molecule has 152 valence electrons. The highest BCUT2D eigenvalue weighted by molar-refractivity contribution is 5.74. The summed E-state index contributed by atoms with van der Waals surface area (Å²) in [4.78, 5) is 15.0. The monoisotopic (exact) mass is 358 g/mol. The third kappa shape index (κ3) is 12.4. The molecule has 0 aromatic carbocycles. The third-order valence-corrected chi connectivity index (χ3v) is 5.05. The van der Waals surface area contributed by atoms with Crippen LogP contribution >= 0.6 is 0 Å². The molecule has 2 saturated carbocycles. The fraction of sp³-hybridized carbons (Fsp3) is 0.952. The van der Waals surface area contributed by atoms with Crippen molar-refractivity contribution in [2.45, 2.75) is 73.6 Å². The predicted octanol–water partition coefficient (Wildman–Crippen LogP) is 4.84. The molecule has 2 rings (SSSR count). The van der Waals surface area contributed by atoms with Gasteiger partial charge < -0.3 is 14.9 Å². The van der Waals surface area contributed by atoms with Crippen molar-refractivity contribution in [3.05, 3.63) is 0 Å². The molecule has 0 bridgehead atoms. The number of nitrogens with zero attached hydrogens (tertiary/aromatic N) is 2. The Balaban J connectivity index is 0. The van der Waals surface area contributed by atoms with Crippen LogP contribution in [0.4, 0.5) is 0 Å². The minimum absolute atomic E-state index is 0.0795. The molecule has 0 aromatic heterocycles. The average Bonchev–Trinajstić information content (AvgIpc) is 3.47. The number of carbonyl (C=O) groups is 1. The van der Waals surface area contributed by atoms with Gasteiger partial charge in [0.1, 0.15) is 0 Å². The first kappa shape index (κ1) is 26.6. The van der Waals surface area contributed by atoms with Gasteiger partial charge in [-0.05, 0) is 84.2 Å². The summed E-state index contributed by atoms with van der Waals surface area (Å²) in [7, 11) is 8.32. The Morgan fingerprint density at radius 1 is 0.920 bits per heavy atom. The third-order valence-electron chi connectivity index (χ3n) is 5.05. The lowest BCUT2D eigenvalue weighted by Crippen LogP contribution is -2.18. The van der Waals surface area contributed by atoms with Gasteiger partial charge in [-0.1, -0.05) is 41.5 Å². The van der Waals surface area contributed by atoms with E-state index in [1.807, 2.05) is 41.8 Å². The summed E-state index contributed by atoms with van der Waals surface area (Å²) in [6.07, 6.45) is 6.16. The summed E-state index contributed by atoms with van der Waals surface area (Å²) in [5.41, 5.74) is 0.820. The standard InChI is InChI=1S/C9H17NO2.C8H17N.2C2H6/c1-9(4-5-10(2)3)6-7(9)8(11)12;1-8(4-5-8)6-7-9(2)3;2*1-2/h7H,4-6H2,1-3H3,(H,11,12);4-7H2,1-3H3;2*1-2H3. The molecule has 2 unspecified atom stereocenters. The molecule has 1 N–H and O–H groups in total. The fourth-order valence-corrected chi connectivity index (χ4v) is 2.51. The summed E-state index contributed by atoms with van der Waals surface area (Å²) < 4.78 is 0. The average molecular weight is 359 g/mol. The van der Waals surface area contributed by atoms with E-state index in [1.165, 1.54) is 25.8 Å². The lowest BCUT2D eigenvalue weighted by molar-refractivity contribution is -0.139. The van der Waals surface area contributed by atoms with Gasteiger partial charge in [0.15, 0.2) is 0 Å². The van der Waals surface area contributed by atoms with Crippen LogP contribution in [0.15, 0.2) is 0 Å². The van der Waals surface area contributed by atoms with E-state index in [1.54, 1.807) is 0 Å².